The molecule has 0 atom stereocenters. The van der Waals surface area contributed by atoms with Crippen LogP contribution in [0.3, 0.4) is 0 Å². The van der Waals surface area contributed by atoms with E-state index >= 15 is 0 Å². The predicted octanol–water partition coefficient (Wildman–Crippen LogP) is 3.08. The van der Waals surface area contributed by atoms with Crippen LogP contribution in [0.4, 0.5) is 10.1 Å². The molecule has 0 saturated carbocycles. The number of esters is 1. The van der Waals surface area contributed by atoms with E-state index in [1.165, 1.54) is 19.2 Å². The zero-order valence-electron chi connectivity index (χ0n) is 11.9. The number of benzene rings is 2. The quantitative estimate of drug-likeness (QED) is 0.694. The number of ether oxygens (including phenoxy) is 2. The van der Waals surface area contributed by atoms with Crippen LogP contribution in [0.25, 0.3) is 0 Å². The first-order valence-corrected chi connectivity index (χ1v) is 6.38. The van der Waals surface area contributed by atoms with E-state index in [9.17, 15) is 9.18 Å². The van der Waals surface area contributed by atoms with Crippen LogP contribution >= 0.6 is 0 Å². The molecule has 110 valence electrons. The van der Waals surface area contributed by atoms with Gasteiger partial charge in [0.2, 0.25) is 0 Å². The molecular formula is C16H16FNO3. The van der Waals surface area contributed by atoms with Gasteiger partial charge in [-0.2, -0.15) is 0 Å². The average molecular weight is 289 g/mol. The molecule has 2 N–H and O–H groups in total. The monoisotopic (exact) mass is 289 g/mol. The maximum atomic E-state index is 13.9. The Kier molecular flexibility index (Phi) is 4.42. The van der Waals surface area contributed by atoms with E-state index in [4.69, 9.17) is 15.2 Å². The average Bonchev–Trinajstić information content (AvgIpc) is 2.46. The van der Waals surface area contributed by atoms with Gasteiger partial charge in [0.15, 0.2) is 11.6 Å². The van der Waals surface area contributed by atoms with Gasteiger partial charge in [0, 0.05) is 11.3 Å². The Labute approximate surface area is 122 Å². The van der Waals surface area contributed by atoms with Crippen molar-refractivity contribution in [2.24, 2.45) is 0 Å². The van der Waals surface area contributed by atoms with Crippen LogP contribution in [-0.2, 0) is 11.3 Å². The Morgan fingerprint density at radius 2 is 1.95 bits per heavy atom. The van der Waals surface area contributed by atoms with E-state index < -0.39 is 11.8 Å². The van der Waals surface area contributed by atoms with Crippen molar-refractivity contribution in [1.29, 1.82) is 0 Å². The van der Waals surface area contributed by atoms with Gasteiger partial charge in [0.1, 0.15) is 6.61 Å². The second-order valence-corrected chi connectivity index (χ2v) is 4.55. The topological polar surface area (TPSA) is 61.5 Å². The molecule has 0 aromatic heterocycles. The molecule has 0 radical (unpaired) electrons. The molecule has 0 spiro atoms. The summed E-state index contributed by atoms with van der Waals surface area (Å²) >= 11 is 0. The fourth-order valence-electron chi connectivity index (χ4n) is 2.01. The van der Waals surface area contributed by atoms with E-state index in [-0.39, 0.29) is 17.9 Å². The van der Waals surface area contributed by atoms with Crippen molar-refractivity contribution in [3.8, 4) is 5.75 Å². The highest BCUT2D eigenvalue weighted by Crippen LogP contribution is 2.22. The molecule has 0 aliphatic rings. The molecule has 2 aromatic carbocycles. The Hall–Kier alpha value is -2.56. The van der Waals surface area contributed by atoms with Gasteiger partial charge in [0.05, 0.1) is 12.7 Å². The number of aryl methyl sites for hydroxylation is 1. The fourth-order valence-corrected chi connectivity index (χ4v) is 2.01. The zero-order chi connectivity index (χ0) is 15.4. The van der Waals surface area contributed by atoms with Crippen LogP contribution < -0.4 is 10.5 Å². The van der Waals surface area contributed by atoms with E-state index in [1.807, 2.05) is 0 Å². The maximum Gasteiger partial charge on any atom is 0.340 e. The van der Waals surface area contributed by atoms with Gasteiger partial charge >= 0.3 is 5.97 Å². The summed E-state index contributed by atoms with van der Waals surface area (Å²) in [6.45, 7) is 1.58. The smallest absolute Gasteiger partial charge is 0.340 e. The Morgan fingerprint density at radius 1 is 1.24 bits per heavy atom. The van der Waals surface area contributed by atoms with Crippen molar-refractivity contribution in [3.63, 3.8) is 0 Å². The molecule has 2 aromatic rings. The van der Waals surface area contributed by atoms with E-state index in [0.29, 0.717) is 16.8 Å². The molecule has 5 heteroatoms. The lowest BCUT2D eigenvalue weighted by molar-refractivity contribution is 0.0469. The number of anilines is 1. The molecule has 21 heavy (non-hydrogen) atoms. The molecule has 0 heterocycles. The van der Waals surface area contributed by atoms with Crippen LogP contribution in [0, 0.1) is 12.7 Å². The van der Waals surface area contributed by atoms with Crippen molar-refractivity contribution >= 4 is 11.7 Å². The second-order valence-electron chi connectivity index (χ2n) is 4.55. The highest BCUT2D eigenvalue weighted by atomic mass is 19.1. The van der Waals surface area contributed by atoms with Crippen molar-refractivity contribution in [1.82, 2.24) is 0 Å². The molecule has 4 nitrogen and oxygen atoms in total. The van der Waals surface area contributed by atoms with Crippen molar-refractivity contribution in [2.45, 2.75) is 13.5 Å². The van der Waals surface area contributed by atoms with Gasteiger partial charge in [0.25, 0.3) is 0 Å². The minimum Gasteiger partial charge on any atom is -0.494 e. The molecule has 0 saturated heterocycles. The van der Waals surface area contributed by atoms with Crippen LogP contribution in [0.5, 0.6) is 5.75 Å². The first-order valence-electron chi connectivity index (χ1n) is 6.38. The third kappa shape index (κ3) is 3.13. The highest BCUT2D eigenvalue weighted by Gasteiger charge is 2.16. The van der Waals surface area contributed by atoms with Crippen molar-refractivity contribution in [3.05, 3.63) is 58.9 Å². The number of hydrogen-bond donors (Lipinski definition) is 1. The third-order valence-corrected chi connectivity index (χ3v) is 3.13. The number of halogens is 1. The Balaban J connectivity index is 2.15. The molecule has 0 bridgehead atoms. The molecule has 0 aliphatic carbocycles. The van der Waals surface area contributed by atoms with Crippen LogP contribution in [0.2, 0.25) is 0 Å². The van der Waals surface area contributed by atoms with Crippen LogP contribution in [0.1, 0.15) is 21.5 Å². The van der Waals surface area contributed by atoms with E-state index in [1.54, 1.807) is 31.2 Å². The van der Waals surface area contributed by atoms with Crippen LogP contribution in [0.15, 0.2) is 36.4 Å². The second kappa shape index (κ2) is 6.26. The van der Waals surface area contributed by atoms with E-state index in [0.717, 1.165) is 0 Å². The number of rotatable bonds is 4. The van der Waals surface area contributed by atoms with Crippen molar-refractivity contribution < 1.29 is 18.7 Å². The first-order chi connectivity index (χ1) is 10.0. The van der Waals surface area contributed by atoms with Gasteiger partial charge in [-0.05, 0) is 24.6 Å². The van der Waals surface area contributed by atoms with Crippen LogP contribution in [-0.4, -0.2) is 13.1 Å². The van der Waals surface area contributed by atoms with Crippen molar-refractivity contribution in [2.75, 3.05) is 12.8 Å². The Bertz CT molecular complexity index is 650. The molecule has 0 unspecified atom stereocenters. The maximum absolute atomic E-state index is 13.9. The van der Waals surface area contributed by atoms with Gasteiger partial charge in [-0.3, -0.25) is 0 Å². The lowest BCUT2D eigenvalue weighted by Crippen LogP contribution is -2.11. The lowest BCUT2D eigenvalue weighted by atomic mass is 10.1. The molecular weight excluding hydrogens is 273 g/mol. The summed E-state index contributed by atoms with van der Waals surface area (Å²) in [6.07, 6.45) is 0. The normalized spacial score (nSPS) is 10.2. The summed E-state index contributed by atoms with van der Waals surface area (Å²) in [5.41, 5.74) is 7.38. The number of nitrogens with two attached hydrogens (primary N) is 1. The minimum absolute atomic E-state index is 0.110. The number of hydrogen-bond acceptors (Lipinski definition) is 4. The number of nitrogen functional groups attached to an aromatic ring is 1. The molecule has 0 fully saturated rings. The van der Waals surface area contributed by atoms with Gasteiger partial charge in [-0.25, -0.2) is 9.18 Å². The SMILES string of the molecule is COc1cccc(COC(=O)c2c(C)cccc2N)c1F. The Morgan fingerprint density at radius 3 is 2.62 bits per heavy atom. The number of methoxy groups -OCH3 is 1. The number of carbonyl (C=O) groups excluding carboxylic acids is 1. The minimum atomic E-state index is -0.576. The largest absolute Gasteiger partial charge is 0.494 e. The van der Waals surface area contributed by atoms with Gasteiger partial charge in [-0.1, -0.05) is 24.3 Å². The summed E-state index contributed by atoms with van der Waals surface area (Å²) in [4.78, 5) is 12.1. The summed E-state index contributed by atoms with van der Waals surface area (Å²) in [5.74, 6) is -1.00. The molecule has 2 rings (SSSR count). The summed E-state index contributed by atoms with van der Waals surface area (Å²) in [5, 5.41) is 0. The predicted molar refractivity (Wildman–Crippen MR) is 77.7 cm³/mol. The lowest BCUT2D eigenvalue weighted by Gasteiger charge is -2.11. The first kappa shape index (κ1) is 14.8. The summed E-state index contributed by atoms with van der Waals surface area (Å²) in [6, 6.07) is 9.80. The molecule has 0 amide bonds. The number of carbonyl (C=O) groups is 1. The highest BCUT2D eigenvalue weighted by molar-refractivity contribution is 5.96. The van der Waals surface area contributed by atoms with Gasteiger partial charge in [-0.15, -0.1) is 0 Å². The zero-order valence-corrected chi connectivity index (χ0v) is 11.9. The standard InChI is InChI=1S/C16H16FNO3/c1-10-5-3-7-12(18)14(10)16(19)21-9-11-6-4-8-13(20-2)15(11)17/h3-8H,9,18H2,1-2H3. The summed E-state index contributed by atoms with van der Waals surface area (Å²) in [7, 11) is 1.38. The fraction of sp³-hybridized carbons (Fsp3) is 0.188. The summed E-state index contributed by atoms with van der Waals surface area (Å²) < 4.78 is 24.0. The third-order valence-electron chi connectivity index (χ3n) is 3.13. The molecule has 0 aliphatic heterocycles. The van der Waals surface area contributed by atoms with Gasteiger partial charge < -0.3 is 15.2 Å². The van der Waals surface area contributed by atoms with E-state index in [2.05, 4.69) is 0 Å².